The van der Waals surface area contributed by atoms with Crippen LogP contribution in [0, 0.1) is 13.8 Å². The van der Waals surface area contributed by atoms with Crippen LogP contribution in [0.15, 0.2) is 48.2 Å². The lowest BCUT2D eigenvalue weighted by Crippen LogP contribution is -2.42. The lowest BCUT2D eigenvalue weighted by molar-refractivity contribution is -0.140. The number of esters is 1. The molecule has 0 radical (unpaired) electrons. The number of pyridine rings is 1. The fourth-order valence-electron chi connectivity index (χ4n) is 5.18. The first-order valence-electron chi connectivity index (χ1n) is 12.5. The van der Waals surface area contributed by atoms with E-state index in [0.29, 0.717) is 47.9 Å². The van der Waals surface area contributed by atoms with Crippen LogP contribution in [-0.2, 0) is 19.1 Å². The van der Waals surface area contributed by atoms with Crippen molar-refractivity contribution >= 4 is 29.1 Å². The summed E-state index contributed by atoms with van der Waals surface area (Å²) in [4.78, 5) is 47.1. The Balaban J connectivity index is 1.62. The molecule has 1 amide bonds. The van der Waals surface area contributed by atoms with Crippen LogP contribution in [0.3, 0.4) is 0 Å². The molecule has 0 spiro atoms. The number of Topliss-reactive ketones (excluding diaryl/α,β-unsaturated/α-hetero) is 1. The van der Waals surface area contributed by atoms with E-state index < -0.39 is 23.7 Å². The van der Waals surface area contributed by atoms with Crippen LogP contribution < -0.4 is 0 Å². The lowest BCUT2D eigenvalue weighted by Gasteiger charge is -2.31. The first-order valence-corrected chi connectivity index (χ1v) is 12.5. The Morgan fingerprint density at radius 3 is 2.50 bits per heavy atom. The summed E-state index contributed by atoms with van der Waals surface area (Å²) in [6.07, 6.45) is 1.77. The molecule has 5 rings (SSSR count). The predicted octanol–water partition coefficient (Wildman–Crippen LogP) is 2.49. The smallest absolute Gasteiger partial charge is 0.337 e. The van der Waals surface area contributed by atoms with Gasteiger partial charge in [0, 0.05) is 32.4 Å². The van der Waals surface area contributed by atoms with E-state index in [4.69, 9.17) is 9.47 Å². The molecule has 198 valence electrons. The summed E-state index contributed by atoms with van der Waals surface area (Å²) in [5, 5.41) is 11.6. The number of hydrogen-bond acceptors (Lipinski definition) is 8. The fraction of sp³-hybridized carbons (Fsp3) is 0.357. The Kier molecular flexibility index (Phi) is 7.00. The van der Waals surface area contributed by atoms with Gasteiger partial charge in [-0.1, -0.05) is 18.2 Å². The van der Waals surface area contributed by atoms with Gasteiger partial charge in [-0.05, 0) is 43.2 Å². The fourth-order valence-corrected chi connectivity index (χ4v) is 5.18. The minimum atomic E-state index is -0.836. The van der Waals surface area contributed by atoms with Gasteiger partial charge >= 0.3 is 5.97 Å². The average Bonchev–Trinajstić information content (AvgIpc) is 3.41. The number of ether oxygens (including phenoxy) is 2. The number of carbonyl (C=O) groups excluding carboxylic acids is 3. The van der Waals surface area contributed by atoms with Crippen LogP contribution in [-0.4, -0.2) is 88.5 Å². The minimum Gasteiger partial charge on any atom is -0.505 e. The van der Waals surface area contributed by atoms with E-state index in [-0.39, 0.29) is 17.9 Å². The first kappa shape index (κ1) is 25.6. The Labute approximate surface area is 220 Å². The highest BCUT2D eigenvalue weighted by atomic mass is 16.5. The van der Waals surface area contributed by atoms with Crippen molar-refractivity contribution in [1.82, 2.24) is 19.2 Å². The molecular formula is C28H30N4O6. The van der Waals surface area contributed by atoms with E-state index in [9.17, 15) is 19.5 Å². The maximum absolute atomic E-state index is 13.5. The standard InChI is InChI=1S/C28H30N4O6/c1-17-5-4-10-31-22(18(2)29-26(17)31)24(33)21-23(19-6-8-20(9-7-19)28(36)37-3)32(27(35)25(21)34)12-11-30-13-15-38-16-14-30/h4-10,23,33H,11-16H2,1-3H3/t23-/m1/s1. The molecule has 38 heavy (non-hydrogen) atoms. The number of benzene rings is 1. The van der Waals surface area contributed by atoms with Crippen molar-refractivity contribution in [2.75, 3.05) is 46.5 Å². The normalized spacial score (nSPS) is 19.9. The zero-order valence-electron chi connectivity index (χ0n) is 21.6. The van der Waals surface area contributed by atoms with Gasteiger partial charge in [0.05, 0.1) is 43.2 Å². The molecular weight excluding hydrogens is 488 g/mol. The van der Waals surface area contributed by atoms with Gasteiger partial charge in [-0.25, -0.2) is 9.78 Å². The molecule has 2 aliphatic heterocycles. The molecule has 0 unspecified atom stereocenters. The average molecular weight is 519 g/mol. The largest absolute Gasteiger partial charge is 0.505 e. The van der Waals surface area contributed by atoms with Crippen molar-refractivity contribution in [1.29, 1.82) is 0 Å². The summed E-state index contributed by atoms with van der Waals surface area (Å²) >= 11 is 0. The van der Waals surface area contributed by atoms with E-state index >= 15 is 0 Å². The first-order chi connectivity index (χ1) is 18.3. The molecule has 1 N–H and O–H groups in total. The highest BCUT2D eigenvalue weighted by Gasteiger charge is 2.46. The lowest BCUT2D eigenvalue weighted by atomic mass is 9.95. The Bertz CT molecular complexity index is 1440. The van der Waals surface area contributed by atoms with Gasteiger partial charge in [0.15, 0.2) is 5.76 Å². The van der Waals surface area contributed by atoms with Gasteiger partial charge in [-0.2, -0.15) is 0 Å². The second-order valence-corrected chi connectivity index (χ2v) is 9.49. The van der Waals surface area contributed by atoms with Crippen molar-refractivity contribution < 1.29 is 29.0 Å². The molecule has 1 aromatic carbocycles. The third-order valence-electron chi connectivity index (χ3n) is 7.19. The van der Waals surface area contributed by atoms with Gasteiger partial charge in [-0.15, -0.1) is 0 Å². The Morgan fingerprint density at radius 2 is 1.82 bits per heavy atom. The number of methoxy groups -OCH3 is 1. The Hall–Kier alpha value is -4.02. The number of aliphatic hydroxyl groups excluding tert-OH is 1. The van der Waals surface area contributed by atoms with Gasteiger partial charge in [0.25, 0.3) is 11.7 Å². The number of nitrogens with zero attached hydrogens (tertiary/aromatic N) is 4. The molecule has 1 atom stereocenters. The number of aromatic nitrogens is 2. The number of aryl methyl sites for hydroxylation is 2. The highest BCUT2D eigenvalue weighted by molar-refractivity contribution is 6.46. The SMILES string of the molecule is COC(=O)c1ccc([C@@H]2C(=C(O)c3c(C)nc4c(C)cccn34)C(=O)C(=O)N2CCN2CCOCC2)cc1. The van der Waals surface area contributed by atoms with E-state index in [1.165, 1.54) is 12.0 Å². The van der Waals surface area contributed by atoms with Crippen LogP contribution in [0.25, 0.3) is 11.4 Å². The summed E-state index contributed by atoms with van der Waals surface area (Å²) in [7, 11) is 1.30. The number of fused-ring (bicyclic) bond motifs is 1. The maximum atomic E-state index is 13.5. The number of hydrogen-bond donors (Lipinski definition) is 1. The van der Waals surface area contributed by atoms with Crippen molar-refractivity contribution in [3.63, 3.8) is 0 Å². The van der Waals surface area contributed by atoms with Crippen LogP contribution in [0.2, 0.25) is 0 Å². The second kappa shape index (κ2) is 10.4. The zero-order chi connectivity index (χ0) is 27.0. The summed E-state index contributed by atoms with van der Waals surface area (Å²) < 4.78 is 12.0. The van der Waals surface area contributed by atoms with Gasteiger partial charge in [0.1, 0.15) is 11.3 Å². The number of rotatable bonds is 6. The number of likely N-dealkylation sites (tertiary alicyclic amines) is 1. The van der Waals surface area contributed by atoms with E-state index in [0.717, 1.165) is 18.7 Å². The highest BCUT2D eigenvalue weighted by Crippen LogP contribution is 2.40. The van der Waals surface area contributed by atoms with Crippen LogP contribution in [0.4, 0.5) is 0 Å². The zero-order valence-corrected chi connectivity index (χ0v) is 21.6. The number of aliphatic hydroxyl groups is 1. The van der Waals surface area contributed by atoms with Gasteiger partial charge < -0.3 is 19.5 Å². The van der Waals surface area contributed by atoms with Crippen LogP contribution in [0.5, 0.6) is 0 Å². The number of ketones is 1. The molecule has 2 aliphatic rings. The molecule has 10 heteroatoms. The van der Waals surface area contributed by atoms with E-state index in [2.05, 4.69) is 9.88 Å². The molecule has 2 fully saturated rings. The maximum Gasteiger partial charge on any atom is 0.337 e. The van der Waals surface area contributed by atoms with E-state index in [1.807, 2.05) is 19.1 Å². The van der Waals surface area contributed by atoms with Crippen molar-refractivity contribution in [2.24, 2.45) is 0 Å². The monoisotopic (exact) mass is 518 g/mol. The summed E-state index contributed by atoms with van der Waals surface area (Å²) in [6.45, 7) is 7.23. The molecule has 10 nitrogen and oxygen atoms in total. The molecule has 0 saturated carbocycles. The third-order valence-corrected chi connectivity index (χ3v) is 7.19. The molecule has 2 saturated heterocycles. The van der Waals surface area contributed by atoms with E-state index in [1.54, 1.807) is 41.8 Å². The van der Waals surface area contributed by atoms with Gasteiger partial charge in [0.2, 0.25) is 0 Å². The molecule has 0 bridgehead atoms. The second-order valence-electron chi connectivity index (χ2n) is 9.49. The number of imidazole rings is 1. The summed E-state index contributed by atoms with van der Waals surface area (Å²) in [5.41, 5.74) is 3.41. The topological polar surface area (TPSA) is 114 Å². The molecule has 0 aliphatic carbocycles. The van der Waals surface area contributed by atoms with Crippen molar-refractivity contribution in [3.05, 3.63) is 76.2 Å². The summed E-state index contributed by atoms with van der Waals surface area (Å²) in [5.74, 6) is -2.21. The van der Waals surface area contributed by atoms with Crippen LogP contribution >= 0.6 is 0 Å². The molecule has 3 aromatic rings. The number of carbonyl (C=O) groups is 3. The third kappa shape index (κ3) is 4.46. The Morgan fingerprint density at radius 1 is 1.11 bits per heavy atom. The predicted molar refractivity (Wildman–Crippen MR) is 139 cm³/mol. The number of morpholine rings is 1. The summed E-state index contributed by atoms with van der Waals surface area (Å²) in [6, 6.07) is 9.46. The van der Waals surface area contributed by atoms with Gasteiger partial charge in [-0.3, -0.25) is 18.9 Å². The minimum absolute atomic E-state index is 0.00537. The molecule has 2 aromatic heterocycles. The number of amides is 1. The van der Waals surface area contributed by atoms with Crippen molar-refractivity contribution in [2.45, 2.75) is 19.9 Å². The van der Waals surface area contributed by atoms with Crippen molar-refractivity contribution in [3.8, 4) is 0 Å². The quantitative estimate of drug-likeness (QED) is 0.229. The van der Waals surface area contributed by atoms with Crippen LogP contribution in [0.1, 0.15) is 38.9 Å². The molecule has 4 heterocycles.